The van der Waals surface area contributed by atoms with E-state index in [9.17, 15) is 8.42 Å². The van der Waals surface area contributed by atoms with Crippen LogP contribution in [0.3, 0.4) is 0 Å². The summed E-state index contributed by atoms with van der Waals surface area (Å²) < 4.78 is 29.8. The molecule has 1 aromatic carbocycles. The van der Waals surface area contributed by atoms with Crippen molar-refractivity contribution in [2.24, 2.45) is 0 Å². The lowest BCUT2D eigenvalue weighted by molar-refractivity contribution is 0.277. The van der Waals surface area contributed by atoms with E-state index in [0.717, 1.165) is 5.56 Å². The molecule has 7 nitrogen and oxygen atoms in total. The predicted octanol–water partition coefficient (Wildman–Crippen LogP) is 2.04. The quantitative estimate of drug-likeness (QED) is 0.638. The van der Waals surface area contributed by atoms with E-state index >= 15 is 0 Å². The number of benzene rings is 1. The van der Waals surface area contributed by atoms with Gasteiger partial charge in [0, 0.05) is 24.5 Å². The maximum atomic E-state index is 12.3. The van der Waals surface area contributed by atoms with Gasteiger partial charge in [-0.1, -0.05) is 23.4 Å². The summed E-state index contributed by atoms with van der Waals surface area (Å²) in [6.07, 6.45) is 3.32. The van der Waals surface area contributed by atoms with Gasteiger partial charge in [-0.2, -0.15) is 4.98 Å². The summed E-state index contributed by atoms with van der Waals surface area (Å²) in [7, 11) is -1.48. The molecular formula is C17H18N4O3S. The fourth-order valence-corrected chi connectivity index (χ4v) is 3.63. The first-order valence-corrected chi connectivity index (χ1v) is 9.39. The van der Waals surface area contributed by atoms with E-state index in [4.69, 9.17) is 4.52 Å². The van der Waals surface area contributed by atoms with Gasteiger partial charge in [0.2, 0.25) is 11.7 Å². The molecule has 0 unspecified atom stereocenters. The Hall–Kier alpha value is -2.58. The van der Waals surface area contributed by atoms with Crippen molar-refractivity contribution in [2.75, 3.05) is 19.3 Å². The van der Waals surface area contributed by atoms with E-state index in [1.54, 1.807) is 54.9 Å². The van der Waals surface area contributed by atoms with Crippen molar-refractivity contribution in [3.8, 4) is 11.4 Å². The van der Waals surface area contributed by atoms with Crippen LogP contribution in [-0.2, 0) is 16.4 Å². The molecule has 3 aromatic rings. The second-order valence-electron chi connectivity index (χ2n) is 5.62. The van der Waals surface area contributed by atoms with Crippen LogP contribution in [0.5, 0.6) is 0 Å². The summed E-state index contributed by atoms with van der Waals surface area (Å²) in [6.45, 7) is 0.743. The van der Waals surface area contributed by atoms with Crippen molar-refractivity contribution in [1.82, 2.24) is 20.0 Å². The van der Waals surface area contributed by atoms with Crippen LogP contribution in [0.2, 0.25) is 0 Å². The van der Waals surface area contributed by atoms with Gasteiger partial charge in [-0.15, -0.1) is 0 Å². The molecule has 130 valence electrons. The van der Waals surface area contributed by atoms with Crippen molar-refractivity contribution in [3.05, 3.63) is 60.7 Å². The summed E-state index contributed by atoms with van der Waals surface area (Å²) in [4.78, 5) is 10.4. The first-order chi connectivity index (χ1) is 12.0. The van der Waals surface area contributed by atoms with Crippen LogP contribution in [0, 0.1) is 0 Å². The van der Waals surface area contributed by atoms with Crippen LogP contribution in [0.15, 0.2) is 64.3 Å². The van der Waals surface area contributed by atoms with Gasteiger partial charge in [-0.05, 0) is 31.3 Å². The van der Waals surface area contributed by atoms with Crippen LogP contribution in [0.1, 0.15) is 5.89 Å². The molecular weight excluding hydrogens is 340 g/mol. The Morgan fingerprint density at radius 2 is 1.80 bits per heavy atom. The van der Waals surface area contributed by atoms with Gasteiger partial charge in [-0.25, -0.2) is 8.42 Å². The van der Waals surface area contributed by atoms with E-state index in [1.807, 2.05) is 11.9 Å². The maximum absolute atomic E-state index is 12.3. The topological polar surface area (TPSA) is 89.2 Å². The first kappa shape index (κ1) is 17.2. The zero-order valence-electron chi connectivity index (χ0n) is 13.7. The molecule has 0 spiro atoms. The molecule has 0 bridgehead atoms. The summed E-state index contributed by atoms with van der Waals surface area (Å²) in [5, 5.41) is 3.94. The minimum absolute atomic E-state index is 0.0266. The summed E-state index contributed by atoms with van der Waals surface area (Å²) >= 11 is 0. The lowest BCUT2D eigenvalue weighted by Gasteiger charge is -2.14. The van der Waals surface area contributed by atoms with Crippen LogP contribution in [-0.4, -0.2) is 47.8 Å². The third kappa shape index (κ3) is 4.49. The van der Waals surface area contributed by atoms with Crippen molar-refractivity contribution in [2.45, 2.75) is 11.4 Å². The fraction of sp³-hybridized carbons (Fsp3) is 0.235. The highest BCUT2D eigenvalue weighted by molar-refractivity contribution is 7.91. The molecule has 2 heterocycles. The van der Waals surface area contributed by atoms with E-state index in [1.165, 1.54) is 0 Å². The Kier molecular flexibility index (Phi) is 5.20. The zero-order chi connectivity index (χ0) is 17.7. The number of sulfone groups is 1. The van der Waals surface area contributed by atoms with Gasteiger partial charge < -0.3 is 4.52 Å². The minimum atomic E-state index is -3.30. The van der Waals surface area contributed by atoms with Crippen LogP contribution in [0.4, 0.5) is 0 Å². The van der Waals surface area contributed by atoms with E-state index < -0.39 is 9.84 Å². The van der Waals surface area contributed by atoms with Gasteiger partial charge in [0.05, 0.1) is 17.2 Å². The molecule has 8 heteroatoms. The minimum Gasteiger partial charge on any atom is -0.338 e. The Labute approximate surface area is 146 Å². The van der Waals surface area contributed by atoms with E-state index in [-0.39, 0.29) is 5.75 Å². The average molecular weight is 358 g/mol. The third-order valence-electron chi connectivity index (χ3n) is 3.66. The highest BCUT2D eigenvalue weighted by Gasteiger charge is 2.16. The monoisotopic (exact) mass is 358 g/mol. The highest BCUT2D eigenvalue weighted by Crippen LogP contribution is 2.15. The number of hydrogen-bond acceptors (Lipinski definition) is 7. The summed E-state index contributed by atoms with van der Waals surface area (Å²) in [5.41, 5.74) is 0.819. The Morgan fingerprint density at radius 1 is 1.08 bits per heavy atom. The smallest absolute Gasteiger partial charge is 0.241 e. The van der Waals surface area contributed by atoms with Crippen molar-refractivity contribution in [1.29, 1.82) is 0 Å². The predicted molar refractivity (Wildman–Crippen MR) is 92.4 cm³/mol. The average Bonchev–Trinajstić information content (AvgIpc) is 3.10. The lowest BCUT2D eigenvalue weighted by atomic mass is 10.2. The molecule has 0 aliphatic carbocycles. The number of nitrogens with zero attached hydrogens (tertiary/aromatic N) is 4. The van der Waals surface area contributed by atoms with Crippen LogP contribution >= 0.6 is 0 Å². The van der Waals surface area contributed by atoms with Gasteiger partial charge in [-0.3, -0.25) is 9.88 Å². The van der Waals surface area contributed by atoms with Gasteiger partial charge >= 0.3 is 0 Å². The van der Waals surface area contributed by atoms with Crippen LogP contribution in [0.25, 0.3) is 11.4 Å². The molecule has 0 N–H and O–H groups in total. The second kappa shape index (κ2) is 7.54. The molecule has 0 aliphatic heterocycles. The first-order valence-electron chi connectivity index (χ1n) is 7.74. The van der Waals surface area contributed by atoms with Gasteiger partial charge in [0.1, 0.15) is 0 Å². The van der Waals surface area contributed by atoms with Crippen LogP contribution < -0.4 is 0 Å². The lowest BCUT2D eigenvalue weighted by Crippen LogP contribution is -2.25. The molecule has 0 saturated carbocycles. The third-order valence-corrected chi connectivity index (χ3v) is 5.37. The van der Waals surface area contributed by atoms with Gasteiger partial charge in [0.25, 0.3) is 0 Å². The summed E-state index contributed by atoms with van der Waals surface area (Å²) in [6, 6.07) is 12.0. The molecule has 0 aliphatic rings. The second-order valence-corrected chi connectivity index (χ2v) is 7.73. The van der Waals surface area contributed by atoms with E-state index in [0.29, 0.717) is 29.7 Å². The number of hydrogen-bond donors (Lipinski definition) is 0. The molecule has 0 fully saturated rings. The van der Waals surface area contributed by atoms with Crippen molar-refractivity contribution < 1.29 is 12.9 Å². The Morgan fingerprint density at radius 3 is 2.52 bits per heavy atom. The molecule has 25 heavy (non-hydrogen) atoms. The largest absolute Gasteiger partial charge is 0.338 e. The number of rotatable bonds is 7. The number of aromatic nitrogens is 3. The van der Waals surface area contributed by atoms with Crippen molar-refractivity contribution >= 4 is 9.84 Å². The standard InChI is InChI=1S/C17H18N4O3S/c1-21(11-12-25(22,23)15-5-3-2-4-6-15)13-16-19-17(20-24-16)14-7-9-18-10-8-14/h2-10H,11-13H2,1H3. The molecule has 2 aromatic heterocycles. The SMILES string of the molecule is CN(CCS(=O)(=O)c1ccccc1)Cc1nc(-c2ccncc2)no1. The highest BCUT2D eigenvalue weighted by atomic mass is 32.2. The van der Waals surface area contributed by atoms with E-state index in [2.05, 4.69) is 15.1 Å². The summed E-state index contributed by atoms with van der Waals surface area (Å²) in [5.74, 6) is 0.952. The maximum Gasteiger partial charge on any atom is 0.241 e. The fourth-order valence-electron chi connectivity index (χ4n) is 2.27. The van der Waals surface area contributed by atoms with Crippen molar-refractivity contribution in [3.63, 3.8) is 0 Å². The molecule has 0 saturated heterocycles. The molecule has 0 radical (unpaired) electrons. The Bertz CT molecular complexity index is 911. The zero-order valence-corrected chi connectivity index (χ0v) is 14.6. The molecule has 0 atom stereocenters. The Balaban J connectivity index is 1.58. The number of pyridine rings is 1. The molecule has 3 rings (SSSR count). The van der Waals surface area contributed by atoms with Gasteiger partial charge in [0.15, 0.2) is 9.84 Å². The normalized spacial score (nSPS) is 11.8. The molecule has 0 amide bonds.